The highest BCUT2D eigenvalue weighted by Crippen LogP contribution is 2.35. The second kappa shape index (κ2) is 6.02. The SMILES string of the molecule is Cc1ccc(-c2ccc(C(F)(F)F)cc2)c(-c2ncc3ccccn23)c1. The molecule has 0 bridgehead atoms. The fourth-order valence-corrected chi connectivity index (χ4v) is 3.08. The second-order valence-electron chi connectivity index (χ2n) is 6.20. The van der Waals surface area contributed by atoms with E-state index in [1.165, 1.54) is 12.1 Å². The van der Waals surface area contributed by atoms with Gasteiger partial charge < -0.3 is 0 Å². The van der Waals surface area contributed by atoms with Gasteiger partial charge >= 0.3 is 6.18 Å². The summed E-state index contributed by atoms with van der Waals surface area (Å²) in [5, 5.41) is 0. The Morgan fingerprint density at radius 1 is 0.885 bits per heavy atom. The summed E-state index contributed by atoms with van der Waals surface area (Å²) in [6.45, 7) is 1.98. The van der Waals surface area contributed by atoms with Crippen LogP contribution in [0, 0.1) is 6.92 Å². The van der Waals surface area contributed by atoms with E-state index in [0.29, 0.717) is 0 Å². The lowest BCUT2D eigenvalue weighted by atomic mass is 9.96. The van der Waals surface area contributed by atoms with Crippen LogP contribution in [0.4, 0.5) is 13.2 Å². The van der Waals surface area contributed by atoms with Gasteiger partial charge in [-0.25, -0.2) is 4.98 Å². The summed E-state index contributed by atoms with van der Waals surface area (Å²) in [7, 11) is 0. The smallest absolute Gasteiger partial charge is 0.300 e. The third-order valence-electron chi connectivity index (χ3n) is 4.38. The first-order valence-electron chi connectivity index (χ1n) is 8.14. The molecule has 0 saturated carbocycles. The molecule has 26 heavy (non-hydrogen) atoms. The number of aromatic nitrogens is 2. The van der Waals surface area contributed by atoms with Crippen molar-refractivity contribution in [2.24, 2.45) is 0 Å². The largest absolute Gasteiger partial charge is 0.416 e. The number of imidazole rings is 1. The highest BCUT2D eigenvalue weighted by molar-refractivity contribution is 5.82. The Morgan fingerprint density at radius 2 is 1.65 bits per heavy atom. The molecule has 0 saturated heterocycles. The number of rotatable bonds is 2. The van der Waals surface area contributed by atoms with Crippen LogP contribution in [0.5, 0.6) is 0 Å². The van der Waals surface area contributed by atoms with Gasteiger partial charge in [-0.3, -0.25) is 4.40 Å². The standard InChI is InChI=1S/C21H15F3N2/c1-14-5-10-18(15-6-8-16(9-7-15)21(22,23)24)19(12-14)20-25-13-17-4-2-3-11-26(17)20/h2-13H,1H3. The van der Waals surface area contributed by atoms with E-state index in [4.69, 9.17) is 0 Å². The molecule has 0 atom stereocenters. The molecule has 0 aliphatic heterocycles. The number of halogens is 3. The predicted octanol–water partition coefficient (Wildman–Crippen LogP) is 6.00. The van der Waals surface area contributed by atoms with Crippen LogP contribution in [0.25, 0.3) is 28.0 Å². The van der Waals surface area contributed by atoms with Crippen LogP contribution in [-0.4, -0.2) is 9.38 Å². The molecule has 4 aromatic rings. The van der Waals surface area contributed by atoms with Gasteiger partial charge in [0.15, 0.2) is 0 Å². The normalized spacial score (nSPS) is 11.8. The minimum atomic E-state index is -4.34. The van der Waals surface area contributed by atoms with Gasteiger partial charge in [0, 0.05) is 11.8 Å². The molecule has 4 rings (SSSR count). The summed E-state index contributed by atoms with van der Waals surface area (Å²) in [5.41, 5.74) is 3.82. The van der Waals surface area contributed by atoms with Crippen molar-refractivity contribution >= 4 is 5.52 Å². The molecule has 2 nitrogen and oxygen atoms in total. The molecule has 0 aliphatic carbocycles. The second-order valence-corrected chi connectivity index (χ2v) is 6.20. The van der Waals surface area contributed by atoms with Crippen LogP contribution in [0.15, 0.2) is 73.1 Å². The van der Waals surface area contributed by atoms with E-state index in [1.807, 2.05) is 53.9 Å². The molecule has 0 N–H and O–H groups in total. The Labute approximate surface area is 148 Å². The van der Waals surface area contributed by atoms with Crippen LogP contribution in [0.3, 0.4) is 0 Å². The maximum absolute atomic E-state index is 12.8. The topological polar surface area (TPSA) is 17.3 Å². The Balaban J connectivity index is 1.88. The fraction of sp³-hybridized carbons (Fsp3) is 0.0952. The van der Waals surface area contributed by atoms with Gasteiger partial charge in [-0.2, -0.15) is 13.2 Å². The first-order valence-corrected chi connectivity index (χ1v) is 8.14. The molecule has 0 spiro atoms. The highest BCUT2D eigenvalue weighted by atomic mass is 19.4. The van der Waals surface area contributed by atoms with E-state index in [2.05, 4.69) is 4.98 Å². The van der Waals surface area contributed by atoms with E-state index < -0.39 is 11.7 Å². The molecule has 0 radical (unpaired) electrons. The third kappa shape index (κ3) is 2.86. The Bertz CT molecular complexity index is 1080. The number of nitrogens with zero attached hydrogens (tertiary/aromatic N) is 2. The van der Waals surface area contributed by atoms with Crippen LogP contribution in [-0.2, 0) is 6.18 Å². The summed E-state index contributed by atoms with van der Waals surface area (Å²) in [6.07, 6.45) is -0.626. The maximum atomic E-state index is 12.8. The molecule has 0 aliphatic rings. The third-order valence-corrected chi connectivity index (χ3v) is 4.38. The van der Waals surface area contributed by atoms with Crippen molar-refractivity contribution in [1.82, 2.24) is 9.38 Å². The van der Waals surface area contributed by atoms with Crippen LogP contribution in [0.1, 0.15) is 11.1 Å². The lowest BCUT2D eigenvalue weighted by molar-refractivity contribution is -0.137. The zero-order valence-corrected chi connectivity index (χ0v) is 14.0. The first kappa shape index (κ1) is 16.4. The van der Waals surface area contributed by atoms with Crippen LogP contribution in [0.2, 0.25) is 0 Å². The van der Waals surface area contributed by atoms with Crippen molar-refractivity contribution in [3.63, 3.8) is 0 Å². The number of benzene rings is 2. The van der Waals surface area contributed by atoms with Gasteiger partial charge in [-0.15, -0.1) is 0 Å². The van der Waals surface area contributed by atoms with E-state index >= 15 is 0 Å². The molecule has 0 amide bonds. The average molecular weight is 352 g/mol. The highest BCUT2D eigenvalue weighted by Gasteiger charge is 2.30. The molecular formula is C21H15F3N2. The van der Waals surface area contributed by atoms with Crippen molar-refractivity contribution in [2.75, 3.05) is 0 Å². The Hall–Kier alpha value is -3.08. The number of pyridine rings is 1. The van der Waals surface area contributed by atoms with Gasteiger partial charge in [0.25, 0.3) is 0 Å². The minimum absolute atomic E-state index is 0.652. The summed E-state index contributed by atoms with van der Waals surface area (Å²) >= 11 is 0. The number of hydrogen-bond acceptors (Lipinski definition) is 1. The number of hydrogen-bond donors (Lipinski definition) is 0. The monoisotopic (exact) mass is 352 g/mol. The Morgan fingerprint density at radius 3 is 2.38 bits per heavy atom. The minimum Gasteiger partial charge on any atom is -0.300 e. The van der Waals surface area contributed by atoms with Crippen molar-refractivity contribution in [3.8, 4) is 22.5 Å². The fourth-order valence-electron chi connectivity index (χ4n) is 3.08. The summed E-state index contributed by atoms with van der Waals surface area (Å²) in [6, 6.07) is 17.0. The number of alkyl halides is 3. The van der Waals surface area contributed by atoms with Gasteiger partial charge in [0.05, 0.1) is 17.3 Å². The van der Waals surface area contributed by atoms with Gasteiger partial charge in [-0.1, -0.05) is 35.9 Å². The first-order chi connectivity index (χ1) is 12.4. The van der Waals surface area contributed by atoms with Crippen molar-refractivity contribution in [1.29, 1.82) is 0 Å². The van der Waals surface area contributed by atoms with Crippen LogP contribution < -0.4 is 0 Å². The molecule has 5 heteroatoms. The Kier molecular flexibility index (Phi) is 3.80. The molecule has 2 heterocycles. The summed E-state index contributed by atoms with van der Waals surface area (Å²) in [5.74, 6) is 0.763. The molecule has 0 unspecified atom stereocenters. The molecule has 130 valence electrons. The van der Waals surface area contributed by atoms with E-state index in [0.717, 1.165) is 45.7 Å². The quantitative estimate of drug-likeness (QED) is 0.433. The van der Waals surface area contributed by atoms with Crippen molar-refractivity contribution in [2.45, 2.75) is 13.1 Å². The molecule has 2 aromatic carbocycles. The van der Waals surface area contributed by atoms with Gasteiger partial charge in [-0.05, 0) is 48.4 Å². The lowest BCUT2D eigenvalue weighted by Crippen LogP contribution is -2.04. The van der Waals surface area contributed by atoms with Crippen molar-refractivity contribution in [3.05, 3.63) is 84.2 Å². The van der Waals surface area contributed by atoms with E-state index in [-0.39, 0.29) is 0 Å². The number of aryl methyl sites for hydroxylation is 1. The summed E-state index contributed by atoms with van der Waals surface area (Å²) < 4.78 is 40.5. The zero-order valence-electron chi connectivity index (χ0n) is 14.0. The predicted molar refractivity (Wildman–Crippen MR) is 95.8 cm³/mol. The number of fused-ring (bicyclic) bond motifs is 1. The van der Waals surface area contributed by atoms with Gasteiger partial charge in [0.1, 0.15) is 5.82 Å². The maximum Gasteiger partial charge on any atom is 0.416 e. The molecular weight excluding hydrogens is 337 g/mol. The van der Waals surface area contributed by atoms with Crippen LogP contribution >= 0.6 is 0 Å². The van der Waals surface area contributed by atoms with Crippen molar-refractivity contribution < 1.29 is 13.2 Å². The van der Waals surface area contributed by atoms with E-state index in [1.54, 1.807) is 6.20 Å². The molecule has 2 aromatic heterocycles. The van der Waals surface area contributed by atoms with E-state index in [9.17, 15) is 13.2 Å². The molecule has 0 fully saturated rings. The summed E-state index contributed by atoms with van der Waals surface area (Å²) in [4.78, 5) is 4.53. The lowest BCUT2D eigenvalue weighted by Gasteiger charge is -2.12. The van der Waals surface area contributed by atoms with Gasteiger partial charge in [0.2, 0.25) is 0 Å². The zero-order chi connectivity index (χ0) is 18.3. The average Bonchev–Trinajstić information content (AvgIpc) is 3.05.